The zero-order chi connectivity index (χ0) is 24.5. The van der Waals surface area contributed by atoms with E-state index in [1.54, 1.807) is 18.2 Å². The summed E-state index contributed by atoms with van der Waals surface area (Å²) in [5.41, 5.74) is 0.232. The molecule has 1 aliphatic heterocycles. The molecule has 1 aliphatic carbocycles. The molecule has 1 saturated carbocycles. The summed E-state index contributed by atoms with van der Waals surface area (Å²) < 4.78 is 69.1. The molecule has 1 saturated heterocycles. The molecular formula is C24H16F5N5O. The number of alkyl halides is 3. The van der Waals surface area contributed by atoms with Crippen molar-refractivity contribution in [2.75, 3.05) is 4.90 Å². The number of fused-ring (bicyclic) bond motifs is 1. The van der Waals surface area contributed by atoms with E-state index in [4.69, 9.17) is 0 Å². The fraction of sp³-hybridized carbons (Fsp3) is 0.250. The number of anilines is 1. The summed E-state index contributed by atoms with van der Waals surface area (Å²) in [7, 11) is 0. The zero-order valence-electron chi connectivity index (χ0n) is 17.9. The molecule has 2 fully saturated rings. The van der Waals surface area contributed by atoms with Crippen molar-refractivity contribution < 1.29 is 26.7 Å². The standard InChI is InChI=1S/C24H16F5N5O/c25-14-7-12(16-5-6-19(33-32-16)24(27,28)29)8-15(26)21(14)22-20(11-1-2-11)23(35)34(22)13-3-4-17-18(9-13)31-10-30-17/h3-11,20,22H,1-2H2,(H,30,31). The first-order valence-corrected chi connectivity index (χ1v) is 10.9. The molecule has 1 N–H and O–H groups in total. The Morgan fingerprint density at radius 1 is 0.971 bits per heavy atom. The van der Waals surface area contributed by atoms with E-state index in [0.29, 0.717) is 17.3 Å². The Hall–Kier alpha value is -3.89. The van der Waals surface area contributed by atoms with Crippen LogP contribution in [0.1, 0.15) is 30.1 Å². The first-order chi connectivity index (χ1) is 16.7. The van der Waals surface area contributed by atoms with Gasteiger partial charge in [0, 0.05) is 16.8 Å². The van der Waals surface area contributed by atoms with Crippen molar-refractivity contribution in [3.8, 4) is 11.3 Å². The number of imidazole rings is 1. The number of hydrogen-bond donors (Lipinski definition) is 1. The van der Waals surface area contributed by atoms with Gasteiger partial charge in [0.1, 0.15) is 11.6 Å². The summed E-state index contributed by atoms with van der Waals surface area (Å²) in [6.07, 6.45) is -1.55. The lowest BCUT2D eigenvalue weighted by Crippen LogP contribution is -2.56. The molecule has 2 aromatic carbocycles. The Bertz CT molecular complexity index is 1440. The molecule has 3 heterocycles. The van der Waals surface area contributed by atoms with Crippen molar-refractivity contribution >= 4 is 22.6 Å². The van der Waals surface area contributed by atoms with E-state index in [1.807, 2.05) is 0 Å². The van der Waals surface area contributed by atoms with Crippen LogP contribution in [0.4, 0.5) is 27.6 Å². The Morgan fingerprint density at radius 2 is 1.71 bits per heavy atom. The van der Waals surface area contributed by atoms with Gasteiger partial charge in [-0.2, -0.15) is 13.2 Å². The molecule has 2 unspecified atom stereocenters. The summed E-state index contributed by atoms with van der Waals surface area (Å²) in [5.74, 6) is -2.52. The van der Waals surface area contributed by atoms with Crippen LogP contribution in [0.25, 0.3) is 22.3 Å². The van der Waals surface area contributed by atoms with Gasteiger partial charge in [-0.05, 0) is 61.2 Å². The molecule has 2 aromatic heterocycles. The zero-order valence-corrected chi connectivity index (χ0v) is 17.9. The minimum atomic E-state index is -4.68. The number of nitrogens with zero attached hydrogens (tertiary/aromatic N) is 4. The fourth-order valence-corrected chi connectivity index (χ4v) is 4.74. The SMILES string of the molecule is O=C1C(C2CC2)C(c2c(F)cc(-c3ccc(C(F)(F)F)nn3)cc2F)N1c1ccc2[nH]cnc2c1. The van der Waals surface area contributed by atoms with E-state index < -0.39 is 35.5 Å². The second kappa shape index (κ2) is 7.56. The molecule has 178 valence electrons. The lowest BCUT2D eigenvalue weighted by atomic mass is 9.78. The number of carbonyl (C=O) groups is 1. The molecule has 0 spiro atoms. The van der Waals surface area contributed by atoms with Gasteiger partial charge in [0.05, 0.1) is 35.0 Å². The van der Waals surface area contributed by atoms with E-state index in [1.165, 1.54) is 11.2 Å². The number of aromatic amines is 1. The van der Waals surface area contributed by atoms with Gasteiger partial charge in [-0.15, -0.1) is 10.2 Å². The topological polar surface area (TPSA) is 74.8 Å². The number of halogens is 5. The average molecular weight is 485 g/mol. The van der Waals surface area contributed by atoms with E-state index in [2.05, 4.69) is 20.2 Å². The molecule has 6 nitrogen and oxygen atoms in total. The first kappa shape index (κ1) is 21.6. The van der Waals surface area contributed by atoms with Gasteiger partial charge in [-0.25, -0.2) is 13.8 Å². The van der Waals surface area contributed by atoms with Crippen molar-refractivity contribution in [3.63, 3.8) is 0 Å². The van der Waals surface area contributed by atoms with Crippen LogP contribution in [-0.2, 0) is 11.0 Å². The summed E-state index contributed by atoms with van der Waals surface area (Å²) >= 11 is 0. The molecule has 11 heteroatoms. The highest BCUT2D eigenvalue weighted by molar-refractivity contribution is 6.04. The Kier molecular flexibility index (Phi) is 4.67. The number of amides is 1. The van der Waals surface area contributed by atoms with Gasteiger partial charge >= 0.3 is 6.18 Å². The van der Waals surface area contributed by atoms with Crippen LogP contribution in [0.5, 0.6) is 0 Å². The number of H-pyrrole nitrogens is 1. The fourth-order valence-electron chi connectivity index (χ4n) is 4.74. The molecule has 0 radical (unpaired) electrons. The lowest BCUT2D eigenvalue weighted by molar-refractivity contribution is -0.141. The third-order valence-electron chi connectivity index (χ3n) is 6.58. The molecule has 6 rings (SSSR count). The molecule has 4 aromatic rings. The number of benzene rings is 2. The third-order valence-corrected chi connectivity index (χ3v) is 6.58. The first-order valence-electron chi connectivity index (χ1n) is 10.9. The van der Waals surface area contributed by atoms with E-state index in [-0.39, 0.29) is 28.6 Å². The highest BCUT2D eigenvalue weighted by Crippen LogP contribution is 2.55. The maximum absolute atomic E-state index is 15.4. The number of β-lactam (4-membered cyclic amide) rings is 1. The largest absolute Gasteiger partial charge is 0.435 e. The molecule has 1 amide bonds. The minimum Gasteiger partial charge on any atom is -0.345 e. The highest BCUT2D eigenvalue weighted by atomic mass is 19.4. The second-order valence-corrected chi connectivity index (χ2v) is 8.78. The predicted molar refractivity (Wildman–Crippen MR) is 115 cm³/mol. The van der Waals surface area contributed by atoms with Crippen LogP contribution < -0.4 is 4.90 Å². The smallest absolute Gasteiger partial charge is 0.345 e. The highest BCUT2D eigenvalue weighted by Gasteiger charge is 2.56. The molecule has 0 bridgehead atoms. The van der Waals surface area contributed by atoms with Crippen molar-refractivity contribution in [3.05, 3.63) is 71.7 Å². The quantitative estimate of drug-likeness (QED) is 0.309. The van der Waals surface area contributed by atoms with Crippen molar-refractivity contribution in [2.45, 2.75) is 25.1 Å². The summed E-state index contributed by atoms with van der Waals surface area (Å²) in [6, 6.07) is 8.00. The minimum absolute atomic E-state index is 0.0527. The van der Waals surface area contributed by atoms with Gasteiger partial charge < -0.3 is 9.88 Å². The molecular weight excluding hydrogens is 469 g/mol. The van der Waals surface area contributed by atoms with Crippen LogP contribution in [0.2, 0.25) is 0 Å². The van der Waals surface area contributed by atoms with E-state index in [9.17, 15) is 18.0 Å². The Labute approximate surface area is 194 Å². The number of hydrogen-bond acceptors (Lipinski definition) is 4. The Balaban J connectivity index is 1.39. The summed E-state index contributed by atoms with van der Waals surface area (Å²) in [6.45, 7) is 0. The van der Waals surface area contributed by atoms with Crippen molar-refractivity contribution in [1.82, 2.24) is 20.2 Å². The number of carbonyl (C=O) groups excluding carboxylic acids is 1. The average Bonchev–Trinajstić information content (AvgIpc) is 3.52. The lowest BCUT2D eigenvalue weighted by Gasteiger charge is -2.48. The predicted octanol–water partition coefficient (Wildman–Crippen LogP) is 5.43. The van der Waals surface area contributed by atoms with Crippen molar-refractivity contribution in [1.29, 1.82) is 0 Å². The van der Waals surface area contributed by atoms with Crippen LogP contribution >= 0.6 is 0 Å². The summed E-state index contributed by atoms with van der Waals surface area (Å²) in [5, 5.41) is 6.60. The van der Waals surface area contributed by atoms with Gasteiger partial charge in [0.25, 0.3) is 0 Å². The van der Waals surface area contributed by atoms with Gasteiger partial charge in [0.2, 0.25) is 5.91 Å². The maximum atomic E-state index is 15.4. The molecule has 2 atom stereocenters. The van der Waals surface area contributed by atoms with Crippen LogP contribution in [-0.4, -0.2) is 26.1 Å². The van der Waals surface area contributed by atoms with E-state index in [0.717, 1.165) is 36.6 Å². The second-order valence-electron chi connectivity index (χ2n) is 8.78. The number of nitrogens with one attached hydrogen (secondary N) is 1. The van der Waals surface area contributed by atoms with Crippen LogP contribution in [0.3, 0.4) is 0 Å². The molecule has 2 aliphatic rings. The van der Waals surface area contributed by atoms with E-state index >= 15 is 8.78 Å². The van der Waals surface area contributed by atoms with Crippen LogP contribution in [0.15, 0.2) is 48.8 Å². The van der Waals surface area contributed by atoms with Crippen molar-refractivity contribution in [2.24, 2.45) is 11.8 Å². The van der Waals surface area contributed by atoms with Crippen LogP contribution in [0, 0.1) is 23.5 Å². The van der Waals surface area contributed by atoms with Gasteiger partial charge in [0.15, 0.2) is 5.69 Å². The monoisotopic (exact) mass is 485 g/mol. The van der Waals surface area contributed by atoms with Gasteiger partial charge in [-0.3, -0.25) is 4.79 Å². The number of rotatable bonds is 4. The maximum Gasteiger partial charge on any atom is 0.435 e. The summed E-state index contributed by atoms with van der Waals surface area (Å²) in [4.78, 5) is 21.6. The number of aromatic nitrogens is 4. The molecule has 35 heavy (non-hydrogen) atoms. The normalized spacial score (nSPS) is 20.4. The third kappa shape index (κ3) is 3.53. The van der Waals surface area contributed by atoms with Gasteiger partial charge in [-0.1, -0.05) is 0 Å². The Morgan fingerprint density at radius 3 is 2.34 bits per heavy atom.